The summed E-state index contributed by atoms with van der Waals surface area (Å²) in [6.07, 6.45) is 4.03. The number of benzene rings is 1. The SMILES string of the molecule is COc1nc2c(c(N3CCCN=C(/C=C(\N)C(=O)N(C)C)C3)n1)COC1(CCc3c(OC(F)F)cccc31)C2. The summed E-state index contributed by atoms with van der Waals surface area (Å²) in [5.74, 6) is 0.582. The molecule has 208 valence electrons. The van der Waals surface area contributed by atoms with Crippen LogP contribution in [0.4, 0.5) is 14.6 Å². The number of amides is 1. The number of fused-ring (bicyclic) bond motifs is 3. The minimum atomic E-state index is -2.89. The molecule has 0 fully saturated rings. The number of ether oxygens (including phenoxy) is 3. The van der Waals surface area contributed by atoms with Crippen molar-refractivity contribution >= 4 is 17.4 Å². The molecular weight excluding hydrogens is 510 g/mol. The van der Waals surface area contributed by atoms with E-state index in [0.29, 0.717) is 50.4 Å². The van der Waals surface area contributed by atoms with E-state index < -0.39 is 12.2 Å². The molecule has 1 atom stereocenters. The van der Waals surface area contributed by atoms with Crippen LogP contribution in [-0.2, 0) is 34.6 Å². The second-order valence-corrected chi connectivity index (χ2v) is 10.0. The molecule has 1 aliphatic carbocycles. The smallest absolute Gasteiger partial charge is 0.387 e. The lowest BCUT2D eigenvalue weighted by Gasteiger charge is -2.37. The van der Waals surface area contributed by atoms with Gasteiger partial charge in [0, 0.05) is 44.7 Å². The number of aromatic nitrogens is 2. The average Bonchev–Trinajstić information content (AvgIpc) is 3.10. The third-order valence-corrected chi connectivity index (χ3v) is 7.33. The van der Waals surface area contributed by atoms with Crippen LogP contribution >= 0.6 is 0 Å². The molecule has 2 aromatic rings. The first-order valence-electron chi connectivity index (χ1n) is 12.8. The Hall–Kier alpha value is -3.80. The summed E-state index contributed by atoms with van der Waals surface area (Å²) in [5.41, 5.74) is 9.35. The summed E-state index contributed by atoms with van der Waals surface area (Å²) in [7, 11) is 4.81. The highest BCUT2D eigenvalue weighted by Gasteiger charge is 2.45. The number of nitrogens with zero attached hydrogens (tertiary/aromatic N) is 5. The number of hydrogen-bond acceptors (Lipinski definition) is 9. The van der Waals surface area contributed by atoms with E-state index >= 15 is 0 Å². The molecule has 5 rings (SSSR count). The normalized spacial score (nSPS) is 20.8. The highest BCUT2D eigenvalue weighted by atomic mass is 19.3. The van der Waals surface area contributed by atoms with E-state index in [1.807, 2.05) is 6.07 Å². The molecule has 1 amide bonds. The molecule has 0 radical (unpaired) electrons. The molecule has 2 aliphatic heterocycles. The molecule has 0 bridgehead atoms. The van der Waals surface area contributed by atoms with Crippen molar-refractivity contribution in [2.24, 2.45) is 10.7 Å². The zero-order chi connectivity index (χ0) is 27.7. The highest BCUT2D eigenvalue weighted by molar-refractivity contribution is 6.05. The maximum atomic E-state index is 13.0. The largest absolute Gasteiger partial charge is 0.467 e. The van der Waals surface area contributed by atoms with Crippen molar-refractivity contribution in [1.82, 2.24) is 14.9 Å². The van der Waals surface area contributed by atoms with Crippen LogP contribution < -0.4 is 20.1 Å². The van der Waals surface area contributed by atoms with Crippen LogP contribution in [0.3, 0.4) is 0 Å². The molecular formula is C27H32F2N6O4. The summed E-state index contributed by atoms with van der Waals surface area (Å²) < 4.78 is 42.8. The van der Waals surface area contributed by atoms with Gasteiger partial charge in [0.25, 0.3) is 5.91 Å². The molecule has 39 heavy (non-hydrogen) atoms. The van der Waals surface area contributed by atoms with Gasteiger partial charge in [-0.15, -0.1) is 0 Å². The van der Waals surface area contributed by atoms with Crippen molar-refractivity contribution in [2.45, 2.75) is 44.5 Å². The molecule has 0 saturated heterocycles. The fourth-order valence-corrected chi connectivity index (χ4v) is 5.51. The number of carbonyl (C=O) groups is 1. The standard InChI is InChI=1S/C27H32F2N6O4/c1-34(2)24(36)20(30)12-16-14-35(11-5-10-31-16)23-18-15-38-27(13-21(18)32-26(33-23)37-3)9-8-17-19(27)6-4-7-22(17)39-25(28)29/h4,6-7,12,25H,5,8-11,13-15,30H2,1-3H3/b20-12-. The van der Waals surface area contributed by atoms with E-state index in [9.17, 15) is 13.6 Å². The first kappa shape index (κ1) is 26.8. The molecule has 1 aromatic heterocycles. The number of rotatable bonds is 6. The summed E-state index contributed by atoms with van der Waals surface area (Å²) in [5, 5.41) is 0. The number of methoxy groups -OCH3 is 1. The van der Waals surface area contributed by atoms with Crippen molar-refractivity contribution in [2.75, 3.05) is 45.7 Å². The minimum Gasteiger partial charge on any atom is -0.467 e. The van der Waals surface area contributed by atoms with Crippen LogP contribution in [0.2, 0.25) is 0 Å². The van der Waals surface area contributed by atoms with Gasteiger partial charge in [0.15, 0.2) is 0 Å². The Morgan fingerprint density at radius 3 is 2.85 bits per heavy atom. The number of halogens is 2. The van der Waals surface area contributed by atoms with Crippen LogP contribution in [0.25, 0.3) is 0 Å². The molecule has 2 N–H and O–H groups in total. The third-order valence-electron chi connectivity index (χ3n) is 7.33. The van der Waals surface area contributed by atoms with Gasteiger partial charge in [-0.3, -0.25) is 9.79 Å². The molecule has 10 nitrogen and oxygen atoms in total. The first-order chi connectivity index (χ1) is 18.7. The number of alkyl halides is 2. The van der Waals surface area contributed by atoms with Crippen LogP contribution in [0.15, 0.2) is 35.0 Å². The fourth-order valence-electron chi connectivity index (χ4n) is 5.51. The fraction of sp³-hybridized carbons (Fsp3) is 0.481. The zero-order valence-electron chi connectivity index (χ0n) is 22.2. The number of aliphatic imine (C=N–C) groups is 1. The van der Waals surface area contributed by atoms with Crippen molar-refractivity contribution in [1.29, 1.82) is 0 Å². The topological polar surface area (TPSA) is 115 Å². The average molecular weight is 543 g/mol. The predicted octanol–water partition coefficient (Wildman–Crippen LogP) is 2.58. The minimum absolute atomic E-state index is 0.114. The Bertz CT molecular complexity index is 1330. The van der Waals surface area contributed by atoms with E-state index in [1.54, 1.807) is 32.3 Å². The van der Waals surface area contributed by atoms with Gasteiger partial charge in [-0.1, -0.05) is 12.1 Å². The van der Waals surface area contributed by atoms with Gasteiger partial charge >= 0.3 is 12.6 Å². The van der Waals surface area contributed by atoms with Gasteiger partial charge < -0.3 is 29.7 Å². The van der Waals surface area contributed by atoms with Gasteiger partial charge in [0.1, 0.15) is 11.6 Å². The van der Waals surface area contributed by atoms with E-state index in [-0.39, 0.29) is 30.0 Å². The van der Waals surface area contributed by atoms with Gasteiger partial charge in [0.05, 0.1) is 43.0 Å². The van der Waals surface area contributed by atoms with Crippen LogP contribution in [-0.4, -0.2) is 73.9 Å². The van der Waals surface area contributed by atoms with Crippen molar-refractivity contribution in [3.63, 3.8) is 0 Å². The molecule has 3 aliphatic rings. The lowest BCUT2D eigenvalue weighted by atomic mass is 9.86. The lowest BCUT2D eigenvalue weighted by molar-refractivity contribution is -0.124. The Balaban J connectivity index is 1.47. The number of carbonyl (C=O) groups excluding carboxylic acids is 1. The van der Waals surface area contributed by atoms with Gasteiger partial charge in [-0.2, -0.15) is 18.7 Å². The second-order valence-electron chi connectivity index (χ2n) is 10.0. The van der Waals surface area contributed by atoms with E-state index in [4.69, 9.17) is 19.9 Å². The number of anilines is 1. The monoisotopic (exact) mass is 542 g/mol. The molecule has 1 aromatic carbocycles. The number of likely N-dealkylation sites (N-methyl/N-ethyl adjacent to an activating group) is 1. The summed E-state index contributed by atoms with van der Waals surface area (Å²) in [6.45, 7) is -0.981. The lowest BCUT2D eigenvalue weighted by Crippen LogP contribution is -2.37. The highest BCUT2D eigenvalue weighted by Crippen LogP contribution is 2.49. The third kappa shape index (κ3) is 5.25. The van der Waals surface area contributed by atoms with Crippen molar-refractivity contribution < 1.29 is 27.8 Å². The Kier molecular flexibility index (Phi) is 7.39. The second kappa shape index (κ2) is 10.8. The molecule has 1 unspecified atom stereocenters. The van der Waals surface area contributed by atoms with E-state index in [0.717, 1.165) is 28.8 Å². The Morgan fingerprint density at radius 1 is 1.28 bits per heavy atom. The molecule has 12 heteroatoms. The zero-order valence-corrected chi connectivity index (χ0v) is 22.2. The van der Waals surface area contributed by atoms with Crippen molar-refractivity contribution in [3.05, 3.63) is 52.4 Å². The maximum absolute atomic E-state index is 13.0. The molecule has 3 heterocycles. The van der Waals surface area contributed by atoms with Gasteiger partial charge in [0.2, 0.25) is 0 Å². The predicted molar refractivity (Wildman–Crippen MR) is 140 cm³/mol. The number of hydrogen-bond donors (Lipinski definition) is 1. The Morgan fingerprint density at radius 2 is 2.10 bits per heavy atom. The summed E-state index contributed by atoms with van der Waals surface area (Å²) in [4.78, 5) is 29.8. The van der Waals surface area contributed by atoms with E-state index in [1.165, 1.54) is 12.0 Å². The number of nitrogens with two attached hydrogens (primary N) is 1. The molecule has 1 spiro atoms. The quantitative estimate of drug-likeness (QED) is 0.554. The van der Waals surface area contributed by atoms with Gasteiger partial charge in [-0.25, -0.2) is 0 Å². The molecule has 0 saturated carbocycles. The van der Waals surface area contributed by atoms with Crippen molar-refractivity contribution in [3.8, 4) is 11.8 Å². The van der Waals surface area contributed by atoms with Crippen LogP contribution in [0, 0.1) is 0 Å². The van der Waals surface area contributed by atoms with Crippen LogP contribution in [0.5, 0.6) is 11.8 Å². The maximum Gasteiger partial charge on any atom is 0.387 e. The van der Waals surface area contributed by atoms with Crippen LogP contribution in [0.1, 0.15) is 35.2 Å². The Labute approximate surface area is 225 Å². The summed E-state index contributed by atoms with van der Waals surface area (Å²) >= 11 is 0. The summed E-state index contributed by atoms with van der Waals surface area (Å²) in [6, 6.07) is 5.42. The van der Waals surface area contributed by atoms with E-state index in [2.05, 4.69) is 19.9 Å². The first-order valence-corrected chi connectivity index (χ1v) is 12.8. The van der Waals surface area contributed by atoms with Gasteiger partial charge in [-0.05, 0) is 37.0 Å².